The molecule has 3 rings (SSSR count). The third kappa shape index (κ3) is 2.29. The number of hydrogen-bond acceptors (Lipinski definition) is 3. The van der Waals surface area contributed by atoms with Gasteiger partial charge in [0, 0.05) is 6.42 Å². The quantitative estimate of drug-likeness (QED) is 0.879. The van der Waals surface area contributed by atoms with Crippen molar-refractivity contribution >= 4 is 11.8 Å². The second kappa shape index (κ2) is 5.05. The van der Waals surface area contributed by atoms with E-state index in [2.05, 4.69) is 5.32 Å². The van der Waals surface area contributed by atoms with Crippen molar-refractivity contribution in [1.82, 2.24) is 5.32 Å². The molecule has 106 valence electrons. The summed E-state index contributed by atoms with van der Waals surface area (Å²) in [5.41, 5.74) is 3.74. The number of fused-ring (bicyclic) bond motifs is 1. The summed E-state index contributed by atoms with van der Waals surface area (Å²) in [6.07, 6.45) is 0.550. The van der Waals surface area contributed by atoms with Crippen LogP contribution in [0.2, 0.25) is 0 Å². The second-order valence-corrected chi connectivity index (χ2v) is 5.12. The fourth-order valence-electron chi connectivity index (χ4n) is 2.74. The SMILES string of the molecule is COc1ccccc1Cc1cc(C)cc2c1C(=O)NC2=O. The molecular formula is C17H15NO3. The van der Waals surface area contributed by atoms with Gasteiger partial charge in [-0.3, -0.25) is 14.9 Å². The summed E-state index contributed by atoms with van der Waals surface area (Å²) in [5.74, 6) is 0.136. The van der Waals surface area contributed by atoms with E-state index in [0.29, 0.717) is 17.5 Å². The van der Waals surface area contributed by atoms with Crippen molar-refractivity contribution in [2.75, 3.05) is 7.11 Å². The van der Waals surface area contributed by atoms with Gasteiger partial charge in [0.05, 0.1) is 18.2 Å². The lowest BCUT2D eigenvalue weighted by atomic mass is 9.94. The Hall–Kier alpha value is -2.62. The molecule has 0 radical (unpaired) electrons. The molecule has 0 saturated heterocycles. The number of carbonyl (C=O) groups excluding carboxylic acids is 2. The predicted octanol–water partition coefficient (Wildman–Crippen LogP) is 2.48. The number of nitrogens with one attached hydrogen (secondary N) is 1. The van der Waals surface area contributed by atoms with Crippen LogP contribution in [0, 0.1) is 6.92 Å². The first-order valence-electron chi connectivity index (χ1n) is 6.71. The summed E-state index contributed by atoms with van der Waals surface area (Å²) in [6, 6.07) is 11.4. The number of ether oxygens (including phenoxy) is 1. The van der Waals surface area contributed by atoms with Crippen LogP contribution in [-0.4, -0.2) is 18.9 Å². The third-order valence-corrected chi connectivity index (χ3v) is 3.64. The van der Waals surface area contributed by atoms with Gasteiger partial charge in [0.1, 0.15) is 5.75 Å². The minimum atomic E-state index is -0.320. The van der Waals surface area contributed by atoms with E-state index in [-0.39, 0.29) is 11.8 Å². The van der Waals surface area contributed by atoms with Gasteiger partial charge < -0.3 is 4.74 Å². The van der Waals surface area contributed by atoms with Gasteiger partial charge >= 0.3 is 0 Å². The molecule has 2 amide bonds. The maximum atomic E-state index is 12.0. The van der Waals surface area contributed by atoms with E-state index in [1.54, 1.807) is 13.2 Å². The Morgan fingerprint density at radius 3 is 2.57 bits per heavy atom. The molecule has 2 aromatic carbocycles. The molecule has 4 nitrogen and oxygen atoms in total. The molecule has 4 heteroatoms. The summed E-state index contributed by atoms with van der Waals surface area (Å²) in [6.45, 7) is 1.92. The van der Waals surface area contributed by atoms with E-state index in [0.717, 1.165) is 22.4 Å². The minimum absolute atomic E-state index is 0.319. The number of aryl methyl sites for hydroxylation is 1. The van der Waals surface area contributed by atoms with Crippen LogP contribution in [0.5, 0.6) is 5.75 Å². The van der Waals surface area contributed by atoms with E-state index < -0.39 is 0 Å². The highest BCUT2D eigenvalue weighted by Gasteiger charge is 2.29. The summed E-state index contributed by atoms with van der Waals surface area (Å²) >= 11 is 0. The van der Waals surface area contributed by atoms with Crippen LogP contribution in [0.1, 0.15) is 37.4 Å². The first-order chi connectivity index (χ1) is 10.1. The molecule has 21 heavy (non-hydrogen) atoms. The number of rotatable bonds is 3. The van der Waals surface area contributed by atoms with Gasteiger partial charge in [-0.05, 0) is 30.2 Å². The van der Waals surface area contributed by atoms with Gasteiger partial charge in [-0.25, -0.2) is 0 Å². The fourth-order valence-corrected chi connectivity index (χ4v) is 2.74. The lowest BCUT2D eigenvalue weighted by molar-refractivity contribution is 0.0879. The maximum Gasteiger partial charge on any atom is 0.259 e. The molecule has 0 spiro atoms. The normalized spacial score (nSPS) is 13.0. The fraction of sp³-hybridized carbons (Fsp3) is 0.176. The molecule has 1 N–H and O–H groups in total. The first-order valence-corrected chi connectivity index (χ1v) is 6.71. The molecule has 1 aliphatic rings. The zero-order valence-corrected chi connectivity index (χ0v) is 11.9. The molecule has 2 aromatic rings. The van der Waals surface area contributed by atoms with Crippen LogP contribution in [0.3, 0.4) is 0 Å². The molecule has 0 aliphatic carbocycles. The van der Waals surface area contributed by atoms with Gasteiger partial charge in [-0.1, -0.05) is 29.8 Å². The highest BCUT2D eigenvalue weighted by Crippen LogP contribution is 2.27. The van der Waals surface area contributed by atoms with Crippen molar-refractivity contribution in [3.05, 3.63) is 64.2 Å². The van der Waals surface area contributed by atoms with Gasteiger partial charge in [0.25, 0.3) is 11.8 Å². The molecule has 0 unspecified atom stereocenters. The van der Waals surface area contributed by atoms with Crippen LogP contribution in [-0.2, 0) is 6.42 Å². The number of hydrogen-bond donors (Lipinski definition) is 1. The summed E-state index contributed by atoms with van der Waals surface area (Å²) in [5, 5.41) is 2.36. The van der Waals surface area contributed by atoms with Gasteiger partial charge in [0.2, 0.25) is 0 Å². The molecule has 0 atom stereocenters. The molecule has 0 saturated carbocycles. The topological polar surface area (TPSA) is 55.4 Å². The highest BCUT2D eigenvalue weighted by atomic mass is 16.5. The Bertz CT molecular complexity index is 750. The van der Waals surface area contributed by atoms with Gasteiger partial charge in [0.15, 0.2) is 0 Å². The van der Waals surface area contributed by atoms with Crippen molar-refractivity contribution in [3.63, 3.8) is 0 Å². The summed E-state index contributed by atoms with van der Waals surface area (Å²) in [4.78, 5) is 23.8. The zero-order valence-electron chi connectivity index (χ0n) is 11.9. The predicted molar refractivity (Wildman–Crippen MR) is 78.8 cm³/mol. The highest BCUT2D eigenvalue weighted by molar-refractivity contribution is 6.22. The monoisotopic (exact) mass is 281 g/mol. The van der Waals surface area contributed by atoms with Crippen molar-refractivity contribution in [3.8, 4) is 5.75 Å². The number of carbonyl (C=O) groups is 2. The zero-order chi connectivity index (χ0) is 15.0. The molecule has 1 heterocycles. The van der Waals surface area contributed by atoms with Crippen LogP contribution in [0.25, 0.3) is 0 Å². The van der Waals surface area contributed by atoms with Crippen LogP contribution >= 0.6 is 0 Å². The van der Waals surface area contributed by atoms with E-state index in [1.807, 2.05) is 37.3 Å². The molecular weight excluding hydrogens is 266 g/mol. The van der Waals surface area contributed by atoms with Crippen LogP contribution in [0.15, 0.2) is 36.4 Å². The number of para-hydroxylation sites is 1. The molecule has 0 bridgehead atoms. The van der Waals surface area contributed by atoms with Gasteiger partial charge in [-0.15, -0.1) is 0 Å². The third-order valence-electron chi connectivity index (χ3n) is 3.64. The number of imide groups is 1. The Morgan fingerprint density at radius 1 is 1.05 bits per heavy atom. The lowest BCUT2D eigenvalue weighted by Crippen LogP contribution is -2.20. The Morgan fingerprint density at radius 2 is 1.81 bits per heavy atom. The van der Waals surface area contributed by atoms with E-state index in [1.165, 1.54) is 0 Å². The summed E-state index contributed by atoms with van der Waals surface area (Å²) in [7, 11) is 1.62. The van der Waals surface area contributed by atoms with Crippen LogP contribution < -0.4 is 10.1 Å². The van der Waals surface area contributed by atoms with Crippen molar-refractivity contribution in [2.45, 2.75) is 13.3 Å². The first kappa shape index (κ1) is 13.4. The smallest absolute Gasteiger partial charge is 0.259 e. The van der Waals surface area contributed by atoms with Crippen molar-refractivity contribution in [1.29, 1.82) is 0 Å². The van der Waals surface area contributed by atoms with Gasteiger partial charge in [-0.2, -0.15) is 0 Å². The van der Waals surface area contributed by atoms with Crippen molar-refractivity contribution < 1.29 is 14.3 Å². The van der Waals surface area contributed by atoms with Crippen LogP contribution in [0.4, 0.5) is 0 Å². The Kier molecular flexibility index (Phi) is 3.22. The number of benzene rings is 2. The second-order valence-electron chi connectivity index (χ2n) is 5.12. The maximum absolute atomic E-state index is 12.0. The van der Waals surface area contributed by atoms with Crippen molar-refractivity contribution in [2.24, 2.45) is 0 Å². The average molecular weight is 281 g/mol. The van der Waals surface area contributed by atoms with E-state index in [9.17, 15) is 9.59 Å². The number of amides is 2. The Balaban J connectivity index is 2.10. The average Bonchev–Trinajstić information content (AvgIpc) is 2.74. The Labute approximate surface area is 122 Å². The molecule has 1 aliphatic heterocycles. The summed E-state index contributed by atoms with van der Waals surface area (Å²) < 4.78 is 5.35. The molecule has 0 aromatic heterocycles. The van der Waals surface area contributed by atoms with E-state index in [4.69, 9.17) is 4.74 Å². The number of methoxy groups -OCH3 is 1. The minimum Gasteiger partial charge on any atom is -0.496 e. The lowest BCUT2D eigenvalue weighted by Gasteiger charge is -2.11. The molecule has 0 fully saturated rings. The van der Waals surface area contributed by atoms with E-state index >= 15 is 0 Å². The standard InChI is InChI=1S/C17H15NO3/c1-10-7-12(9-11-5-3-4-6-14(11)21-2)15-13(8-10)16(19)18-17(15)20/h3-8H,9H2,1-2H3,(H,18,19,20). The largest absolute Gasteiger partial charge is 0.496 e.